The van der Waals surface area contributed by atoms with Crippen molar-refractivity contribution in [1.82, 2.24) is 4.90 Å². The molecule has 1 aliphatic heterocycles. The molecule has 33 heavy (non-hydrogen) atoms. The van der Waals surface area contributed by atoms with Crippen LogP contribution in [-0.2, 0) is 16.0 Å². The molecule has 5 N–H and O–H groups in total. The number of likely N-dealkylation sites (tertiary alicyclic amines) is 1. The monoisotopic (exact) mass is 456 g/mol. The highest BCUT2D eigenvalue weighted by atomic mass is 16.5. The lowest BCUT2D eigenvalue weighted by Crippen LogP contribution is -2.31. The Balaban J connectivity index is 0.00000385. The van der Waals surface area contributed by atoms with E-state index in [-0.39, 0.29) is 23.8 Å². The molecule has 0 spiro atoms. The van der Waals surface area contributed by atoms with E-state index in [1.165, 1.54) is 5.56 Å². The van der Waals surface area contributed by atoms with E-state index < -0.39 is 11.9 Å². The SMILES string of the molecule is NCCCCCOc1ccc(C2CC(CC(=O)O)C(=O)N2CCCc2ccccc2)cc1.O. The standard InChI is InChI=1S/C26H34N2O4.H2O/c27-15-5-2-6-17-32-23-13-11-21(12-14-23)24-18-22(19-25(29)30)26(31)28(24)16-7-10-20-8-3-1-4-9-20;/h1,3-4,8-9,11-14,22,24H,2,5-7,10,15-19,27H2,(H,29,30);1H2. The van der Waals surface area contributed by atoms with E-state index in [0.717, 1.165) is 43.4 Å². The van der Waals surface area contributed by atoms with Crippen LogP contribution >= 0.6 is 0 Å². The first-order valence-corrected chi connectivity index (χ1v) is 11.6. The van der Waals surface area contributed by atoms with Gasteiger partial charge in [-0.2, -0.15) is 0 Å². The summed E-state index contributed by atoms with van der Waals surface area (Å²) in [5, 5.41) is 9.24. The van der Waals surface area contributed by atoms with Crippen molar-refractivity contribution in [3.63, 3.8) is 0 Å². The van der Waals surface area contributed by atoms with Crippen molar-refractivity contribution in [2.75, 3.05) is 19.7 Å². The summed E-state index contributed by atoms with van der Waals surface area (Å²) >= 11 is 0. The zero-order chi connectivity index (χ0) is 22.8. The molecule has 0 saturated carbocycles. The number of amides is 1. The van der Waals surface area contributed by atoms with Crippen LogP contribution in [0.5, 0.6) is 5.75 Å². The molecular weight excluding hydrogens is 420 g/mol. The van der Waals surface area contributed by atoms with Gasteiger partial charge >= 0.3 is 5.97 Å². The molecule has 1 saturated heterocycles. The van der Waals surface area contributed by atoms with Gasteiger partial charge in [0.25, 0.3) is 0 Å². The van der Waals surface area contributed by atoms with Gasteiger partial charge in [0, 0.05) is 6.54 Å². The van der Waals surface area contributed by atoms with E-state index in [2.05, 4.69) is 12.1 Å². The van der Waals surface area contributed by atoms with Crippen molar-refractivity contribution in [1.29, 1.82) is 0 Å². The number of carboxylic acid groups (broad SMARTS) is 1. The van der Waals surface area contributed by atoms with Gasteiger partial charge in [-0.3, -0.25) is 9.59 Å². The van der Waals surface area contributed by atoms with Crippen LogP contribution in [-0.4, -0.2) is 47.1 Å². The van der Waals surface area contributed by atoms with Crippen LogP contribution in [0.3, 0.4) is 0 Å². The Morgan fingerprint density at radius 1 is 1.03 bits per heavy atom. The normalized spacial score (nSPS) is 17.6. The van der Waals surface area contributed by atoms with Crippen LogP contribution in [0.2, 0.25) is 0 Å². The molecule has 0 aliphatic carbocycles. The summed E-state index contributed by atoms with van der Waals surface area (Å²) in [4.78, 5) is 26.1. The lowest BCUT2D eigenvalue weighted by molar-refractivity contribution is -0.142. The van der Waals surface area contributed by atoms with Gasteiger partial charge in [-0.25, -0.2) is 0 Å². The maximum Gasteiger partial charge on any atom is 0.304 e. The fourth-order valence-corrected chi connectivity index (χ4v) is 4.35. The Morgan fingerprint density at radius 2 is 1.76 bits per heavy atom. The van der Waals surface area contributed by atoms with E-state index in [9.17, 15) is 14.7 Å². The van der Waals surface area contributed by atoms with Crippen LogP contribution in [0.15, 0.2) is 54.6 Å². The Hall–Kier alpha value is -2.90. The highest BCUT2D eigenvalue weighted by Gasteiger charge is 2.40. The van der Waals surface area contributed by atoms with Gasteiger partial charge in [0.2, 0.25) is 5.91 Å². The van der Waals surface area contributed by atoms with Gasteiger partial charge in [-0.1, -0.05) is 42.5 Å². The van der Waals surface area contributed by atoms with E-state index >= 15 is 0 Å². The van der Waals surface area contributed by atoms with Crippen LogP contribution < -0.4 is 10.5 Å². The highest BCUT2D eigenvalue weighted by molar-refractivity contribution is 5.85. The predicted octanol–water partition coefficient (Wildman–Crippen LogP) is 3.37. The van der Waals surface area contributed by atoms with Gasteiger partial charge in [0.05, 0.1) is 25.0 Å². The third-order valence-corrected chi connectivity index (χ3v) is 6.03. The third kappa shape index (κ3) is 7.87. The first-order valence-electron chi connectivity index (χ1n) is 11.6. The number of ether oxygens (including phenoxy) is 1. The van der Waals surface area contributed by atoms with E-state index in [4.69, 9.17) is 10.5 Å². The summed E-state index contributed by atoms with van der Waals surface area (Å²) in [6, 6.07) is 18.0. The summed E-state index contributed by atoms with van der Waals surface area (Å²) in [6.45, 7) is 1.99. The number of carbonyl (C=O) groups is 2. The lowest BCUT2D eigenvalue weighted by atomic mass is 9.97. The number of unbranched alkanes of at least 4 members (excludes halogenated alkanes) is 2. The Kier molecular flexibility index (Phi) is 10.9. The molecule has 0 radical (unpaired) electrons. The van der Waals surface area contributed by atoms with Crippen molar-refractivity contribution < 1.29 is 24.9 Å². The second-order valence-corrected chi connectivity index (χ2v) is 8.43. The smallest absolute Gasteiger partial charge is 0.304 e. The summed E-state index contributed by atoms with van der Waals surface area (Å²) in [5.74, 6) is -0.631. The highest BCUT2D eigenvalue weighted by Crippen LogP contribution is 2.38. The minimum Gasteiger partial charge on any atom is -0.494 e. The number of nitrogens with zero attached hydrogens (tertiary/aromatic N) is 1. The molecular formula is C26H36N2O5. The first kappa shape index (κ1) is 26.4. The fourth-order valence-electron chi connectivity index (χ4n) is 4.35. The molecule has 2 unspecified atom stereocenters. The fraction of sp³-hybridized carbons (Fsp3) is 0.462. The van der Waals surface area contributed by atoms with Crippen molar-refractivity contribution in [3.8, 4) is 5.75 Å². The van der Waals surface area contributed by atoms with E-state index in [1.807, 2.05) is 47.4 Å². The largest absolute Gasteiger partial charge is 0.494 e. The number of aliphatic carboxylic acids is 1. The number of benzene rings is 2. The third-order valence-electron chi connectivity index (χ3n) is 6.03. The molecule has 3 rings (SSSR count). The molecule has 7 heteroatoms. The van der Waals surface area contributed by atoms with Gasteiger partial charge in [0.15, 0.2) is 0 Å². The van der Waals surface area contributed by atoms with Crippen LogP contribution in [0.25, 0.3) is 0 Å². The zero-order valence-electron chi connectivity index (χ0n) is 19.1. The Morgan fingerprint density at radius 3 is 2.42 bits per heavy atom. The maximum absolute atomic E-state index is 13.0. The summed E-state index contributed by atoms with van der Waals surface area (Å²) < 4.78 is 5.81. The number of carbonyl (C=O) groups excluding carboxylic acids is 1. The number of hydrogen-bond donors (Lipinski definition) is 2. The molecule has 2 atom stereocenters. The van der Waals surface area contributed by atoms with Gasteiger partial charge < -0.3 is 26.0 Å². The van der Waals surface area contributed by atoms with Crippen LogP contribution in [0.4, 0.5) is 0 Å². The summed E-state index contributed by atoms with van der Waals surface area (Å²) in [6.07, 6.45) is 5.19. The minimum absolute atomic E-state index is 0. The van der Waals surface area contributed by atoms with Crippen molar-refractivity contribution in [2.24, 2.45) is 11.7 Å². The van der Waals surface area contributed by atoms with Gasteiger partial charge in [-0.15, -0.1) is 0 Å². The van der Waals surface area contributed by atoms with Crippen molar-refractivity contribution in [3.05, 3.63) is 65.7 Å². The number of carboxylic acids is 1. The van der Waals surface area contributed by atoms with Gasteiger partial charge in [-0.05, 0) is 68.3 Å². The second-order valence-electron chi connectivity index (χ2n) is 8.43. The maximum atomic E-state index is 13.0. The van der Waals surface area contributed by atoms with Gasteiger partial charge in [0.1, 0.15) is 5.75 Å². The molecule has 0 aromatic heterocycles. The number of hydrogen-bond acceptors (Lipinski definition) is 4. The Bertz CT molecular complexity index is 857. The van der Waals surface area contributed by atoms with Crippen molar-refractivity contribution in [2.45, 2.75) is 51.0 Å². The number of rotatable bonds is 13. The molecule has 180 valence electrons. The zero-order valence-corrected chi connectivity index (χ0v) is 19.1. The second kappa shape index (κ2) is 13.6. The molecule has 1 amide bonds. The molecule has 2 aromatic rings. The van der Waals surface area contributed by atoms with Crippen molar-refractivity contribution >= 4 is 11.9 Å². The molecule has 7 nitrogen and oxygen atoms in total. The first-order chi connectivity index (χ1) is 15.6. The van der Waals surface area contributed by atoms with Crippen LogP contribution in [0, 0.1) is 5.92 Å². The minimum atomic E-state index is -0.924. The average Bonchev–Trinajstić information content (AvgIpc) is 3.09. The number of nitrogens with two attached hydrogens (primary N) is 1. The number of aryl methyl sites for hydroxylation is 1. The molecule has 1 heterocycles. The summed E-state index contributed by atoms with van der Waals surface area (Å²) in [7, 11) is 0. The predicted molar refractivity (Wildman–Crippen MR) is 128 cm³/mol. The Labute approximate surface area is 195 Å². The summed E-state index contributed by atoms with van der Waals surface area (Å²) in [5.41, 5.74) is 7.78. The molecule has 2 aromatic carbocycles. The molecule has 1 fully saturated rings. The average molecular weight is 457 g/mol. The molecule has 1 aliphatic rings. The quantitative estimate of drug-likeness (QED) is 0.447. The molecule has 0 bridgehead atoms. The van der Waals surface area contributed by atoms with E-state index in [1.54, 1.807) is 0 Å². The van der Waals surface area contributed by atoms with Crippen LogP contribution in [0.1, 0.15) is 55.7 Å². The lowest BCUT2D eigenvalue weighted by Gasteiger charge is -2.25. The topological polar surface area (TPSA) is 124 Å². The van der Waals surface area contributed by atoms with E-state index in [0.29, 0.717) is 26.1 Å².